The van der Waals surface area contributed by atoms with Crippen molar-refractivity contribution >= 4 is 31.8 Å². The van der Waals surface area contributed by atoms with Crippen LogP contribution in [-0.2, 0) is 22.4 Å². The Kier molecular flexibility index (Phi) is 4.74. The monoisotopic (exact) mass is 356 g/mol. The highest BCUT2D eigenvalue weighted by Crippen LogP contribution is 2.14. The van der Waals surface area contributed by atoms with Crippen LogP contribution in [0.2, 0.25) is 0 Å². The first kappa shape index (κ1) is 15.0. The van der Waals surface area contributed by atoms with E-state index in [0.717, 1.165) is 4.47 Å². The second-order valence-corrected chi connectivity index (χ2v) is 6.84. The van der Waals surface area contributed by atoms with Gasteiger partial charge < -0.3 is 5.11 Å². The van der Waals surface area contributed by atoms with Gasteiger partial charge in [0.2, 0.25) is 10.0 Å². The number of nitrogens with one attached hydrogen (secondary N) is 1. The molecule has 0 unspecified atom stereocenters. The topological polar surface area (TPSA) is 79.3 Å². The highest BCUT2D eigenvalue weighted by atomic mass is 79.9. The van der Waals surface area contributed by atoms with E-state index >= 15 is 0 Å². The van der Waals surface area contributed by atoms with Crippen molar-refractivity contribution in [3.05, 3.63) is 58.2 Å². The molecule has 1 aromatic carbocycles. The molecule has 2 N–H and O–H groups in total. The highest BCUT2D eigenvalue weighted by Gasteiger charge is 2.12. The van der Waals surface area contributed by atoms with Crippen molar-refractivity contribution in [1.29, 1.82) is 0 Å². The zero-order valence-electron chi connectivity index (χ0n) is 10.5. The van der Waals surface area contributed by atoms with Crippen LogP contribution in [0, 0.1) is 0 Å². The highest BCUT2D eigenvalue weighted by molar-refractivity contribution is 9.10. The van der Waals surface area contributed by atoms with E-state index in [1.165, 1.54) is 6.20 Å². The number of aliphatic hydroxyl groups excluding tert-OH is 1. The third-order valence-electron chi connectivity index (χ3n) is 2.52. The fourth-order valence-electron chi connectivity index (χ4n) is 1.67. The number of rotatable bonds is 5. The summed E-state index contributed by atoms with van der Waals surface area (Å²) >= 11 is 3.23. The molecule has 1 heterocycles. The van der Waals surface area contributed by atoms with Gasteiger partial charge in [-0.05, 0) is 39.2 Å². The number of hydrogen-bond acceptors (Lipinski definition) is 4. The van der Waals surface area contributed by atoms with Crippen LogP contribution in [0.15, 0.2) is 47.1 Å². The van der Waals surface area contributed by atoms with E-state index in [1.807, 2.05) is 0 Å². The molecule has 0 spiro atoms. The van der Waals surface area contributed by atoms with E-state index in [1.54, 1.807) is 36.4 Å². The summed E-state index contributed by atoms with van der Waals surface area (Å²) in [4.78, 5) is 3.96. The molecule has 20 heavy (non-hydrogen) atoms. The minimum absolute atomic E-state index is 0.115. The molecule has 0 atom stereocenters. The average molecular weight is 357 g/mol. The van der Waals surface area contributed by atoms with E-state index in [2.05, 4.69) is 25.6 Å². The van der Waals surface area contributed by atoms with Gasteiger partial charge in [-0.3, -0.25) is 4.72 Å². The molecule has 0 fully saturated rings. The number of benzene rings is 1. The van der Waals surface area contributed by atoms with Crippen LogP contribution >= 0.6 is 15.9 Å². The van der Waals surface area contributed by atoms with Gasteiger partial charge in [0.1, 0.15) is 5.82 Å². The van der Waals surface area contributed by atoms with E-state index in [-0.39, 0.29) is 18.2 Å². The first-order valence-corrected chi connectivity index (χ1v) is 8.24. The number of nitrogens with zero attached hydrogens (tertiary/aromatic N) is 1. The third kappa shape index (κ3) is 4.29. The van der Waals surface area contributed by atoms with E-state index in [9.17, 15) is 8.42 Å². The van der Waals surface area contributed by atoms with Crippen LogP contribution in [0.3, 0.4) is 0 Å². The molecule has 1 aromatic heterocycles. The number of halogens is 1. The fourth-order valence-corrected chi connectivity index (χ4v) is 3.03. The lowest BCUT2D eigenvalue weighted by atomic mass is 10.1. The van der Waals surface area contributed by atoms with Gasteiger partial charge in [-0.25, -0.2) is 13.4 Å². The summed E-state index contributed by atoms with van der Waals surface area (Å²) < 4.78 is 27.2. The van der Waals surface area contributed by atoms with E-state index in [4.69, 9.17) is 5.11 Å². The Labute approximate surface area is 125 Å². The summed E-state index contributed by atoms with van der Waals surface area (Å²) in [5, 5.41) is 9.04. The number of aliphatic hydroxyl groups is 1. The van der Waals surface area contributed by atoms with Crippen LogP contribution in [0.4, 0.5) is 5.82 Å². The molecule has 7 heteroatoms. The minimum atomic E-state index is -3.53. The molecule has 0 aliphatic heterocycles. The predicted molar refractivity (Wildman–Crippen MR) is 80.5 cm³/mol. The number of hydrogen-bond donors (Lipinski definition) is 2. The number of anilines is 1. The molecule has 0 saturated heterocycles. The van der Waals surface area contributed by atoms with Crippen LogP contribution in [-0.4, -0.2) is 18.5 Å². The van der Waals surface area contributed by atoms with Crippen molar-refractivity contribution in [2.75, 3.05) is 4.72 Å². The van der Waals surface area contributed by atoms with Crippen molar-refractivity contribution in [2.45, 2.75) is 12.4 Å². The molecule has 0 saturated carbocycles. The van der Waals surface area contributed by atoms with Gasteiger partial charge in [-0.2, -0.15) is 0 Å². The Hall–Kier alpha value is -1.44. The number of pyridine rings is 1. The lowest BCUT2D eigenvalue weighted by molar-refractivity contribution is 0.282. The lowest BCUT2D eigenvalue weighted by Gasteiger charge is -2.08. The van der Waals surface area contributed by atoms with Crippen molar-refractivity contribution in [1.82, 2.24) is 4.98 Å². The molecule has 0 amide bonds. The summed E-state index contributed by atoms with van der Waals surface area (Å²) in [5.41, 5.74) is 1.29. The number of sulfonamides is 1. The molecule has 2 rings (SSSR count). The molecule has 106 valence electrons. The Bertz CT molecular complexity index is 687. The van der Waals surface area contributed by atoms with Gasteiger partial charge in [0, 0.05) is 10.7 Å². The van der Waals surface area contributed by atoms with Gasteiger partial charge in [0.15, 0.2) is 0 Å². The Morgan fingerprint density at radius 1 is 1.20 bits per heavy atom. The number of aromatic nitrogens is 1. The molecular formula is C13H13BrN2O3S. The standard InChI is InChI=1S/C13H13BrN2O3S/c14-12-4-5-13(15-7-12)16-20(18,19)9-11-3-1-2-10(6-11)8-17/h1-7,17H,8-9H2,(H,15,16). The molecule has 2 aromatic rings. The smallest absolute Gasteiger partial charge is 0.238 e. The second-order valence-electron chi connectivity index (χ2n) is 4.20. The first-order valence-electron chi connectivity index (χ1n) is 5.79. The zero-order chi connectivity index (χ0) is 14.6. The van der Waals surface area contributed by atoms with Gasteiger partial charge in [-0.15, -0.1) is 0 Å². The quantitative estimate of drug-likeness (QED) is 0.861. The summed E-state index contributed by atoms with van der Waals surface area (Å²) in [6, 6.07) is 10.1. The van der Waals surface area contributed by atoms with E-state index in [0.29, 0.717) is 11.1 Å². The van der Waals surface area contributed by atoms with Crippen molar-refractivity contribution < 1.29 is 13.5 Å². The minimum Gasteiger partial charge on any atom is -0.392 e. The van der Waals surface area contributed by atoms with Crippen LogP contribution in [0.1, 0.15) is 11.1 Å². The molecule has 0 aliphatic carbocycles. The maximum Gasteiger partial charge on any atom is 0.238 e. The van der Waals surface area contributed by atoms with Crippen LogP contribution in [0.25, 0.3) is 0 Å². The Morgan fingerprint density at radius 3 is 2.60 bits per heavy atom. The molecular weight excluding hydrogens is 344 g/mol. The predicted octanol–water partition coefficient (Wildman–Crippen LogP) is 2.28. The zero-order valence-corrected chi connectivity index (χ0v) is 12.9. The van der Waals surface area contributed by atoms with E-state index < -0.39 is 10.0 Å². The second kappa shape index (κ2) is 6.34. The Balaban J connectivity index is 2.12. The maximum atomic E-state index is 12.0. The fraction of sp³-hybridized carbons (Fsp3) is 0.154. The summed E-state index contributed by atoms with van der Waals surface area (Å²) in [5.74, 6) is 0.102. The largest absolute Gasteiger partial charge is 0.392 e. The third-order valence-corrected chi connectivity index (χ3v) is 4.22. The van der Waals surface area contributed by atoms with Crippen LogP contribution in [0.5, 0.6) is 0 Å². The SMILES string of the molecule is O=S(=O)(Cc1cccc(CO)c1)Nc1ccc(Br)cn1. The Morgan fingerprint density at radius 2 is 1.95 bits per heavy atom. The average Bonchev–Trinajstić information content (AvgIpc) is 2.41. The molecule has 5 nitrogen and oxygen atoms in total. The maximum absolute atomic E-state index is 12.0. The van der Waals surface area contributed by atoms with Crippen molar-refractivity contribution in [2.24, 2.45) is 0 Å². The summed E-state index contributed by atoms with van der Waals surface area (Å²) in [7, 11) is -3.53. The van der Waals surface area contributed by atoms with Gasteiger partial charge >= 0.3 is 0 Å². The van der Waals surface area contributed by atoms with Gasteiger partial charge in [-0.1, -0.05) is 24.3 Å². The van der Waals surface area contributed by atoms with Crippen molar-refractivity contribution in [3.63, 3.8) is 0 Å². The van der Waals surface area contributed by atoms with Crippen molar-refractivity contribution in [3.8, 4) is 0 Å². The normalized spacial score (nSPS) is 11.3. The molecule has 0 aliphatic rings. The van der Waals surface area contributed by atoms with Crippen LogP contribution < -0.4 is 4.72 Å². The molecule has 0 bridgehead atoms. The van der Waals surface area contributed by atoms with Gasteiger partial charge in [0.05, 0.1) is 12.4 Å². The summed E-state index contributed by atoms with van der Waals surface area (Å²) in [6.07, 6.45) is 1.52. The molecule has 0 radical (unpaired) electrons. The van der Waals surface area contributed by atoms with Gasteiger partial charge in [0.25, 0.3) is 0 Å². The lowest BCUT2D eigenvalue weighted by Crippen LogP contribution is -2.16. The first-order chi connectivity index (χ1) is 9.48. The summed E-state index contributed by atoms with van der Waals surface area (Å²) in [6.45, 7) is -0.115.